The van der Waals surface area contributed by atoms with Crippen LogP contribution in [0.1, 0.15) is 66.0 Å². The van der Waals surface area contributed by atoms with Crippen LogP contribution in [0.3, 0.4) is 0 Å². The molecular weight excluding hydrogens is 261 g/mol. The van der Waals surface area contributed by atoms with Gasteiger partial charge in [0.15, 0.2) is 0 Å². The highest BCUT2D eigenvalue weighted by Gasteiger charge is 2.51. The van der Waals surface area contributed by atoms with Gasteiger partial charge in [-0.3, -0.25) is 0 Å². The third kappa shape index (κ3) is 2.84. The lowest BCUT2D eigenvalue weighted by Crippen LogP contribution is -2.41. The molecule has 1 aromatic carbocycles. The SMILES string of the molecule is [2H]c1c([2H])c(N2C([2H])([2H])C([2H])([2H])C([2H])([2H])C([2H])([2H])C2([2H])[2H])c([2H])c([2H])c1B1OC(C)(C)C(C)(C)O1. The quantitative estimate of drug-likeness (QED) is 0.784. The molecule has 0 atom stereocenters. The van der Waals surface area contributed by atoms with Gasteiger partial charge in [0.25, 0.3) is 0 Å². The number of hydrogen-bond donors (Lipinski definition) is 0. The zero-order valence-electron chi connectivity index (χ0n) is 26.3. The number of nitrogens with zero attached hydrogens (tertiary/aromatic N) is 1. The maximum Gasteiger partial charge on any atom is 0.494 e. The van der Waals surface area contributed by atoms with Crippen LogP contribution in [-0.4, -0.2) is 31.3 Å². The first-order valence-electron chi connectivity index (χ1n) is 13.6. The fourth-order valence-corrected chi connectivity index (χ4v) is 1.84. The zero-order valence-corrected chi connectivity index (χ0v) is 12.3. The lowest BCUT2D eigenvalue weighted by Gasteiger charge is -2.32. The number of anilines is 1. The summed E-state index contributed by atoms with van der Waals surface area (Å²) in [4.78, 5) is -0.157. The molecule has 0 spiro atoms. The molecule has 0 N–H and O–H groups in total. The first-order chi connectivity index (χ1) is 15.3. The van der Waals surface area contributed by atoms with Crippen LogP contribution in [0.5, 0.6) is 0 Å². The summed E-state index contributed by atoms with van der Waals surface area (Å²) in [5.41, 5.74) is -3.21. The number of rotatable bonds is 2. The Bertz CT molecular complexity index is 998. The van der Waals surface area contributed by atoms with E-state index in [4.69, 9.17) is 28.5 Å². The van der Waals surface area contributed by atoms with E-state index in [1.807, 2.05) is 0 Å². The van der Waals surface area contributed by atoms with E-state index >= 15 is 0 Å². The van der Waals surface area contributed by atoms with Crippen LogP contribution < -0.4 is 10.4 Å². The molecule has 114 valence electrons. The summed E-state index contributed by atoms with van der Waals surface area (Å²) < 4.78 is 127. The standard InChI is InChI=1S/C17H26BNO2/c1-16(2)17(3,4)21-18(20-16)14-8-10-15(11-9-14)19-12-6-5-7-13-19/h8-11H,5-7,12-13H2,1-4H3/i5D2,6D2,7D2,8D,9D,10D,11D,12D2,13D2. The van der Waals surface area contributed by atoms with Crippen LogP contribution >= 0.6 is 0 Å². The molecule has 3 nitrogen and oxygen atoms in total. The van der Waals surface area contributed by atoms with Gasteiger partial charge in [0.1, 0.15) is 0 Å². The predicted molar refractivity (Wildman–Crippen MR) is 88.2 cm³/mol. The van der Waals surface area contributed by atoms with Gasteiger partial charge in [0.2, 0.25) is 0 Å². The molecule has 21 heavy (non-hydrogen) atoms. The highest BCUT2D eigenvalue weighted by Crippen LogP contribution is 2.36. The molecule has 0 aromatic heterocycles. The maximum atomic E-state index is 8.47. The molecule has 1 aromatic rings. The molecule has 0 bridgehead atoms. The fraction of sp³-hybridized carbons (Fsp3) is 0.647. The molecule has 2 heterocycles. The van der Waals surface area contributed by atoms with Gasteiger partial charge in [-0.15, -0.1) is 0 Å². The molecule has 2 fully saturated rings. The summed E-state index contributed by atoms with van der Waals surface area (Å²) in [6.07, 6.45) is -11.0. The minimum Gasteiger partial charge on any atom is -0.399 e. The molecule has 2 aliphatic heterocycles. The van der Waals surface area contributed by atoms with Crippen molar-refractivity contribution in [3.8, 4) is 0 Å². The molecule has 2 saturated heterocycles. The fourth-order valence-electron chi connectivity index (χ4n) is 1.84. The largest absolute Gasteiger partial charge is 0.494 e. The van der Waals surface area contributed by atoms with Crippen LogP contribution in [0.2, 0.25) is 0 Å². The summed E-state index contributed by atoms with van der Waals surface area (Å²) in [6.45, 7) is -0.469. The van der Waals surface area contributed by atoms with Gasteiger partial charge < -0.3 is 14.2 Å². The Labute approximate surface area is 148 Å². The summed E-state index contributed by atoms with van der Waals surface area (Å²) in [5, 5.41) is 0. The molecule has 0 amide bonds. The van der Waals surface area contributed by atoms with E-state index in [9.17, 15) is 0 Å². The number of hydrogen-bond acceptors (Lipinski definition) is 3. The Balaban J connectivity index is 2.32. The Morgan fingerprint density at radius 2 is 1.52 bits per heavy atom. The van der Waals surface area contributed by atoms with E-state index in [2.05, 4.69) is 0 Å². The molecule has 2 aliphatic rings. The van der Waals surface area contributed by atoms with Crippen LogP contribution in [0.15, 0.2) is 24.2 Å². The molecule has 0 radical (unpaired) electrons. The summed E-state index contributed by atoms with van der Waals surface area (Å²) in [5.74, 6) is 0. The van der Waals surface area contributed by atoms with Crippen LogP contribution in [-0.2, 0) is 9.31 Å². The number of piperidine rings is 1. The first-order valence-corrected chi connectivity index (χ1v) is 6.59. The van der Waals surface area contributed by atoms with E-state index in [0.29, 0.717) is 0 Å². The van der Waals surface area contributed by atoms with Crippen molar-refractivity contribution >= 4 is 18.3 Å². The van der Waals surface area contributed by atoms with E-state index in [1.165, 1.54) is 0 Å². The molecule has 4 heteroatoms. The lowest BCUT2D eigenvalue weighted by atomic mass is 9.79. The van der Waals surface area contributed by atoms with Crippen LogP contribution in [0.25, 0.3) is 0 Å². The van der Waals surface area contributed by atoms with E-state index in [1.54, 1.807) is 27.7 Å². The average Bonchev–Trinajstić information content (AvgIpc) is 2.88. The Morgan fingerprint density at radius 3 is 2.05 bits per heavy atom. The predicted octanol–water partition coefficient (Wildman–Crippen LogP) is 2.98. The van der Waals surface area contributed by atoms with E-state index in [-0.39, 0.29) is 10.4 Å². The van der Waals surface area contributed by atoms with Gasteiger partial charge >= 0.3 is 7.12 Å². The van der Waals surface area contributed by atoms with Crippen molar-refractivity contribution in [3.63, 3.8) is 0 Å². The molecular formula is C17H26BNO2. The Hall–Kier alpha value is -0.995. The monoisotopic (exact) mass is 301 g/mol. The Morgan fingerprint density at radius 1 is 1.00 bits per heavy atom. The van der Waals surface area contributed by atoms with Gasteiger partial charge in [-0.1, -0.05) is 12.1 Å². The van der Waals surface area contributed by atoms with E-state index < -0.39 is 80.3 Å². The maximum absolute atomic E-state index is 8.47. The highest BCUT2D eigenvalue weighted by atomic mass is 16.7. The van der Waals surface area contributed by atoms with Gasteiger partial charge in [-0.25, -0.2) is 0 Å². The van der Waals surface area contributed by atoms with Crippen molar-refractivity contribution in [2.45, 2.75) is 58.0 Å². The van der Waals surface area contributed by atoms with Crippen LogP contribution in [0.4, 0.5) is 5.69 Å². The zero-order chi connectivity index (χ0) is 27.5. The minimum absolute atomic E-state index is 0.157. The molecule has 0 unspecified atom stereocenters. The van der Waals surface area contributed by atoms with Crippen LogP contribution in [0, 0.1) is 0 Å². The second-order valence-corrected chi connectivity index (χ2v) is 5.78. The summed E-state index contributed by atoms with van der Waals surface area (Å²) >= 11 is 0. The smallest absolute Gasteiger partial charge is 0.399 e. The average molecular weight is 301 g/mol. The van der Waals surface area contributed by atoms with E-state index in [0.717, 1.165) is 0 Å². The van der Waals surface area contributed by atoms with Crippen molar-refractivity contribution in [1.82, 2.24) is 0 Å². The highest BCUT2D eigenvalue weighted by molar-refractivity contribution is 6.62. The molecule has 0 saturated carbocycles. The van der Waals surface area contributed by atoms with Crippen molar-refractivity contribution in [1.29, 1.82) is 0 Å². The van der Waals surface area contributed by atoms with Gasteiger partial charge in [0, 0.05) is 32.4 Å². The third-order valence-electron chi connectivity index (χ3n) is 3.80. The summed E-state index contributed by atoms with van der Waals surface area (Å²) in [7, 11) is -1.36. The summed E-state index contributed by atoms with van der Waals surface area (Å²) in [6, 6.07) is -3.53. The lowest BCUT2D eigenvalue weighted by molar-refractivity contribution is 0.00578. The van der Waals surface area contributed by atoms with Crippen molar-refractivity contribution in [2.24, 2.45) is 0 Å². The van der Waals surface area contributed by atoms with Crippen molar-refractivity contribution in [2.75, 3.05) is 17.9 Å². The normalized spacial score (nSPS) is 46.1. The second kappa shape index (κ2) is 5.33. The topological polar surface area (TPSA) is 21.7 Å². The van der Waals surface area contributed by atoms with Crippen molar-refractivity contribution in [3.05, 3.63) is 24.2 Å². The third-order valence-corrected chi connectivity index (χ3v) is 3.80. The molecule has 3 rings (SSSR count). The van der Waals surface area contributed by atoms with Gasteiger partial charge in [0.05, 0.1) is 16.7 Å². The van der Waals surface area contributed by atoms with Crippen molar-refractivity contribution < 1.29 is 28.5 Å². The number of benzene rings is 1. The Kier molecular flexibility index (Phi) is 1.41. The second-order valence-electron chi connectivity index (χ2n) is 5.78. The first kappa shape index (κ1) is 5.57. The molecule has 0 aliphatic carbocycles. The van der Waals surface area contributed by atoms with Gasteiger partial charge in [-0.05, 0) is 64.4 Å². The van der Waals surface area contributed by atoms with Gasteiger partial charge in [-0.2, -0.15) is 0 Å². The minimum atomic E-state index is -3.68.